The fourth-order valence-electron chi connectivity index (χ4n) is 4.26. The Balaban J connectivity index is 0.00000161. The maximum absolute atomic E-state index is 12.9. The van der Waals surface area contributed by atoms with E-state index in [9.17, 15) is 4.79 Å². The molecule has 1 amide bonds. The number of amides is 1. The van der Waals surface area contributed by atoms with Crippen LogP contribution < -0.4 is 5.32 Å². The molecule has 122 valence electrons. The summed E-state index contributed by atoms with van der Waals surface area (Å²) in [5.74, 6) is 0.475. The van der Waals surface area contributed by atoms with Gasteiger partial charge in [-0.3, -0.25) is 9.69 Å². The van der Waals surface area contributed by atoms with Crippen LogP contribution in [0.5, 0.6) is 0 Å². The zero-order valence-electron chi connectivity index (χ0n) is 13.3. The molecule has 5 heteroatoms. The van der Waals surface area contributed by atoms with Crippen LogP contribution in [0.15, 0.2) is 0 Å². The minimum absolute atomic E-state index is 0. The van der Waals surface area contributed by atoms with Crippen LogP contribution in [-0.4, -0.2) is 61.0 Å². The summed E-state index contributed by atoms with van der Waals surface area (Å²) in [6.07, 6.45) is 6.93. The molecule has 0 aromatic rings. The number of likely N-dealkylation sites (tertiary alicyclic amines) is 1. The van der Waals surface area contributed by atoms with Gasteiger partial charge in [-0.25, -0.2) is 0 Å². The highest BCUT2D eigenvalue weighted by molar-refractivity contribution is 5.85. The van der Waals surface area contributed by atoms with Crippen molar-refractivity contribution < 1.29 is 4.79 Å². The maximum Gasteiger partial charge on any atom is 0.228 e. The Morgan fingerprint density at radius 3 is 2.52 bits per heavy atom. The Labute approximate surface area is 135 Å². The molecule has 0 aromatic carbocycles. The van der Waals surface area contributed by atoms with Gasteiger partial charge in [-0.05, 0) is 25.7 Å². The Morgan fingerprint density at radius 2 is 1.95 bits per heavy atom. The van der Waals surface area contributed by atoms with Gasteiger partial charge in [0.2, 0.25) is 5.91 Å². The fourth-order valence-corrected chi connectivity index (χ4v) is 4.26. The van der Waals surface area contributed by atoms with E-state index in [0.29, 0.717) is 11.9 Å². The largest absolute Gasteiger partial charge is 0.341 e. The molecule has 1 aliphatic carbocycles. The van der Waals surface area contributed by atoms with E-state index in [0.717, 1.165) is 65.0 Å². The van der Waals surface area contributed by atoms with Crippen molar-refractivity contribution in [1.29, 1.82) is 0 Å². The summed E-state index contributed by atoms with van der Waals surface area (Å²) < 4.78 is 0. The van der Waals surface area contributed by atoms with Crippen LogP contribution in [0.3, 0.4) is 0 Å². The zero-order valence-corrected chi connectivity index (χ0v) is 14.1. The van der Waals surface area contributed by atoms with Crippen LogP contribution in [0.25, 0.3) is 0 Å². The fraction of sp³-hybridized carbons (Fsp3) is 0.938. The van der Waals surface area contributed by atoms with Crippen LogP contribution in [-0.2, 0) is 4.79 Å². The molecule has 0 spiro atoms. The smallest absolute Gasteiger partial charge is 0.228 e. The van der Waals surface area contributed by atoms with Gasteiger partial charge >= 0.3 is 0 Å². The van der Waals surface area contributed by atoms with E-state index < -0.39 is 0 Å². The number of nitrogens with zero attached hydrogens (tertiary/aromatic N) is 2. The lowest BCUT2D eigenvalue weighted by Gasteiger charge is -2.43. The molecule has 2 aliphatic heterocycles. The maximum atomic E-state index is 12.9. The van der Waals surface area contributed by atoms with Crippen molar-refractivity contribution in [3.63, 3.8) is 0 Å². The first-order valence-corrected chi connectivity index (χ1v) is 8.49. The van der Waals surface area contributed by atoms with Crippen molar-refractivity contribution in [2.24, 2.45) is 5.41 Å². The molecule has 21 heavy (non-hydrogen) atoms. The third-order valence-electron chi connectivity index (χ3n) is 5.61. The van der Waals surface area contributed by atoms with Crippen molar-refractivity contribution in [3.8, 4) is 0 Å². The van der Waals surface area contributed by atoms with Crippen molar-refractivity contribution in [2.75, 3.05) is 39.3 Å². The predicted octanol–water partition coefficient (Wildman–Crippen LogP) is 1.88. The lowest BCUT2D eigenvalue weighted by Crippen LogP contribution is -2.51. The number of rotatable bonds is 4. The van der Waals surface area contributed by atoms with Crippen molar-refractivity contribution in [2.45, 2.75) is 51.5 Å². The SMILES string of the molecule is CCCC1(C(=O)N2CCC(N3CCNCC3)C2)CCC1.Cl. The molecule has 3 fully saturated rings. The van der Waals surface area contributed by atoms with E-state index in [1.807, 2.05) is 0 Å². The lowest BCUT2D eigenvalue weighted by atomic mass is 9.65. The van der Waals surface area contributed by atoms with Crippen LogP contribution >= 0.6 is 12.4 Å². The number of carbonyl (C=O) groups is 1. The van der Waals surface area contributed by atoms with Gasteiger partial charge in [0.15, 0.2) is 0 Å². The van der Waals surface area contributed by atoms with Gasteiger partial charge in [0.05, 0.1) is 0 Å². The summed E-state index contributed by atoms with van der Waals surface area (Å²) in [6.45, 7) is 8.66. The highest BCUT2D eigenvalue weighted by Crippen LogP contribution is 2.46. The second-order valence-corrected chi connectivity index (χ2v) is 6.86. The van der Waals surface area contributed by atoms with Crippen LogP contribution in [0.2, 0.25) is 0 Å². The lowest BCUT2D eigenvalue weighted by molar-refractivity contribution is -0.147. The van der Waals surface area contributed by atoms with Crippen molar-refractivity contribution >= 4 is 18.3 Å². The normalized spacial score (nSPS) is 28.8. The predicted molar refractivity (Wildman–Crippen MR) is 87.9 cm³/mol. The first kappa shape index (κ1) is 17.0. The summed E-state index contributed by atoms with van der Waals surface area (Å²) in [7, 11) is 0. The molecule has 2 saturated heterocycles. The number of carbonyl (C=O) groups excluding carboxylic acids is 1. The summed E-state index contributed by atoms with van der Waals surface area (Å²) in [6, 6.07) is 0.611. The summed E-state index contributed by atoms with van der Waals surface area (Å²) >= 11 is 0. The van der Waals surface area contributed by atoms with E-state index in [-0.39, 0.29) is 17.8 Å². The van der Waals surface area contributed by atoms with Crippen molar-refractivity contribution in [3.05, 3.63) is 0 Å². The van der Waals surface area contributed by atoms with E-state index in [1.165, 1.54) is 12.8 Å². The van der Waals surface area contributed by atoms with Crippen LogP contribution in [0, 0.1) is 5.41 Å². The molecule has 2 heterocycles. The summed E-state index contributed by atoms with van der Waals surface area (Å²) in [4.78, 5) is 17.6. The number of piperazine rings is 1. The third-order valence-corrected chi connectivity index (χ3v) is 5.61. The quantitative estimate of drug-likeness (QED) is 0.860. The topological polar surface area (TPSA) is 35.6 Å². The first-order valence-electron chi connectivity index (χ1n) is 8.49. The van der Waals surface area contributed by atoms with E-state index >= 15 is 0 Å². The Bertz CT molecular complexity index is 353. The second kappa shape index (κ2) is 7.30. The van der Waals surface area contributed by atoms with Gasteiger partial charge in [-0.15, -0.1) is 12.4 Å². The minimum Gasteiger partial charge on any atom is -0.341 e. The highest BCUT2D eigenvalue weighted by atomic mass is 35.5. The number of nitrogens with one attached hydrogen (secondary N) is 1. The van der Waals surface area contributed by atoms with Crippen LogP contribution in [0.1, 0.15) is 45.4 Å². The van der Waals surface area contributed by atoms with Gasteiger partial charge in [0.25, 0.3) is 0 Å². The van der Waals surface area contributed by atoms with E-state index in [1.54, 1.807) is 0 Å². The summed E-state index contributed by atoms with van der Waals surface area (Å²) in [5, 5.41) is 3.41. The van der Waals surface area contributed by atoms with Gasteiger partial charge < -0.3 is 10.2 Å². The molecule has 3 aliphatic rings. The Morgan fingerprint density at radius 1 is 1.24 bits per heavy atom. The van der Waals surface area contributed by atoms with Gasteiger partial charge in [0.1, 0.15) is 0 Å². The number of hydrogen-bond acceptors (Lipinski definition) is 3. The monoisotopic (exact) mass is 315 g/mol. The van der Waals surface area contributed by atoms with E-state index in [4.69, 9.17) is 0 Å². The molecule has 1 saturated carbocycles. The Kier molecular flexibility index (Phi) is 5.92. The average molecular weight is 316 g/mol. The third kappa shape index (κ3) is 3.38. The molecule has 0 aromatic heterocycles. The van der Waals surface area contributed by atoms with E-state index in [2.05, 4.69) is 22.0 Å². The molecular weight excluding hydrogens is 286 g/mol. The molecule has 0 bridgehead atoms. The molecule has 1 unspecified atom stereocenters. The molecule has 0 radical (unpaired) electrons. The zero-order chi connectivity index (χ0) is 14.0. The minimum atomic E-state index is 0. The summed E-state index contributed by atoms with van der Waals surface area (Å²) in [5.41, 5.74) is 0.0348. The number of hydrogen-bond donors (Lipinski definition) is 1. The van der Waals surface area contributed by atoms with Gasteiger partial charge in [-0.2, -0.15) is 0 Å². The number of halogens is 1. The average Bonchev–Trinajstić information content (AvgIpc) is 2.93. The second-order valence-electron chi connectivity index (χ2n) is 6.86. The van der Waals surface area contributed by atoms with Gasteiger partial charge in [-0.1, -0.05) is 19.8 Å². The Hall–Kier alpha value is -0.320. The van der Waals surface area contributed by atoms with Gasteiger partial charge in [0, 0.05) is 50.7 Å². The molecular formula is C16H30ClN3O. The molecule has 4 nitrogen and oxygen atoms in total. The highest BCUT2D eigenvalue weighted by Gasteiger charge is 2.46. The first-order chi connectivity index (χ1) is 9.75. The van der Waals surface area contributed by atoms with Crippen molar-refractivity contribution in [1.82, 2.24) is 15.1 Å². The molecule has 3 rings (SSSR count). The molecule has 1 N–H and O–H groups in total. The standard InChI is InChI=1S/C16H29N3O.ClH/c1-2-5-16(6-3-7-16)15(20)19-10-4-14(13-19)18-11-8-17-9-12-18;/h14,17H,2-13H2,1H3;1H. The van der Waals surface area contributed by atoms with Crippen LogP contribution in [0.4, 0.5) is 0 Å². The molecule has 1 atom stereocenters.